The molecular formula is C20H23FN4O3S. The van der Waals surface area contributed by atoms with Crippen molar-refractivity contribution in [3.05, 3.63) is 53.8 Å². The Morgan fingerprint density at radius 1 is 1.14 bits per heavy atom. The van der Waals surface area contributed by atoms with Gasteiger partial charge in [-0.2, -0.15) is 0 Å². The van der Waals surface area contributed by atoms with E-state index in [4.69, 9.17) is 5.73 Å². The van der Waals surface area contributed by atoms with Gasteiger partial charge in [-0.15, -0.1) is 0 Å². The molecule has 154 valence electrons. The number of amides is 1. The van der Waals surface area contributed by atoms with Crippen molar-refractivity contribution in [2.45, 2.75) is 24.8 Å². The van der Waals surface area contributed by atoms with E-state index < -0.39 is 27.1 Å². The van der Waals surface area contributed by atoms with Crippen LogP contribution in [0.4, 0.5) is 15.8 Å². The molecule has 7 nitrogen and oxygen atoms in total. The summed E-state index contributed by atoms with van der Waals surface area (Å²) in [4.78, 5) is 18.4. The second-order valence-electron chi connectivity index (χ2n) is 7.63. The van der Waals surface area contributed by atoms with Crippen LogP contribution >= 0.6 is 0 Å². The topological polar surface area (TPSA) is 105 Å². The Kier molecular flexibility index (Phi) is 5.12. The van der Waals surface area contributed by atoms with E-state index in [1.807, 2.05) is 0 Å². The number of nitrogens with one attached hydrogen (secondary N) is 1. The van der Waals surface area contributed by atoms with Gasteiger partial charge in [0.25, 0.3) is 0 Å². The molecule has 0 fully saturated rings. The Bertz CT molecular complexity index is 1100. The Morgan fingerprint density at radius 3 is 2.31 bits per heavy atom. The molecule has 1 amide bonds. The SMILES string of the molecule is CN1C(=O)C(C)(C)C(c2cc(Nc3ccc(S(C)(=O)=O)cc3)ccc2F)N=C1N. The largest absolute Gasteiger partial charge is 0.369 e. The fourth-order valence-electron chi connectivity index (χ4n) is 3.27. The van der Waals surface area contributed by atoms with Crippen LogP contribution in [-0.2, 0) is 14.6 Å². The number of anilines is 2. The minimum atomic E-state index is -3.29. The number of benzene rings is 2. The van der Waals surface area contributed by atoms with Crippen LogP contribution in [0.5, 0.6) is 0 Å². The molecule has 3 rings (SSSR count). The van der Waals surface area contributed by atoms with E-state index in [1.54, 1.807) is 38.1 Å². The highest BCUT2D eigenvalue weighted by atomic mass is 32.2. The van der Waals surface area contributed by atoms with Gasteiger partial charge in [0.2, 0.25) is 5.91 Å². The number of hydrogen-bond donors (Lipinski definition) is 2. The maximum atomic E-state index is 14.6. The second kappa shape index (κ2) is 7.14. The molecule has 0 bridgehead atoms. The van der Waals surface area contributed by atoms with Crippen molar-refractivity contribution in [1.82, 2.24) is 4.90 Å². The molecule has 2 aromatic rings. The quantitative estimate of drug-likeness (QED) is 0.794. The third kappa shape index (κ3) is 3.95. The minimum absolute atomic E-state index is 0.0356. The van der Waals surface area contributed by atoms with Crippen molar-refractivity contribution in [1.29, 1.82) is 0 Å². The van der Waals surface area contributed by atoms with Crippen LogP contribution in [0, 0.1) is 11.2 Å². The van der Waals surface area contributed by atoms with Crippen LogP contribution in [0.25, 0.3) is 0 Å². The molecule has 0 saturated carbocycles. The van der Waals surface area contributed by atoms with Gasteiger partial charge in [-0.05, 0) is 56.3 Å². The lowest BCUT2D eigenvalue weighted by Gasteiger charge is -2.38. The van der Waals surface area contributed by atoms with Gasteiger partial charge in [-0.3, -0.25) is 9.69 Å². The smallest absolute Gasteiger partial charge is 0.237 e. The van der Waals surface area contributed by atoms with E-state index in [1.165, 1.54) is 30.1 Å². The van der Waals surface area contributed by atoms with E-state index in [0.717, 1.165) is 6.26 Å². The lowest BCUT2D eigenvalue weighted by atomic mass is 9.78. The summed E-state index contributed by atoms with van der Waals surface area (Å²) >= 11 is 0. The number of nitrogens with zero attached hydrogens (tertiary/aromatic N) is 2. The summed E-state index contributed by atoms with van der Waals surface area (Å²) in [6.07, 6.45) is 1.14. The first kappa shape index (κ1) is 20.8. The number of hydrogen-bond acceptors (Lipinski definition) is 6. The van der Waals surface area contributed by atoms with Crippen molar-refractivity contribution in [3.63, 3.8) is 0 Å². The lowest BCUT2D eigenvalue weighted by Crippen LogP contribution is -2.51. The first-order valence-corrected chi connectivity index (χ1v) is 10.8. The monoisotopic (exact) mass is 418 g/mol. The summed E-state index contributed by atoms with van der Waals surface area (Å²) in [5, 5.41) is 3.11. The minimum Gasteiger partial charge on any atom is -0.369 e. The summed E-state index contributed by atoms with van der Waals surface area (Å²) < 4.78 is 37.8. The van der Waals surface area contributed by atoms with Crippen molar-refractivity contribution in [2.75, 3.05) is 18.6 Å². The van der Waals surface area contributed by atoms with Gasteiger partial charge >= 0.3 is 0 Å². The number of guanidine groups is 1. The number of nitrogens with two attached hydrogens (primary N) is 1. The van der Waals surface area contributed by atoms with E-state index >= 15 is 0 Å². The maximum absolute atomic E-state index is 14.6. The Hall–Kier alpha value is -2.94. The molecule has 9 heteroatoms. The number of aliphatic imine (C=N–C) groups is 1. The van der Waals surface area contributed by atoms with Gasteiger partial charge in [0.05, 0.1) is 16.4 Å². The molecule has 3 N–H and O–H groups in total. The van der Waals surface area contributed by atoms with Crippen LogP contribution < -0.4 is 11.1 Å². The summed E-state index contributed by atoms with van der Waals surface area (Å²) in [5.41, 5.74) is 6.33. The highest BCUT2D eigenvalue weighted by Crippen LogP contribution is 2.42. The van der Waals surface area contributed by atoms with Gasteiger partial charge in [-0.1, -0.05) is 0 Å². The molecule has 1 atom stereocenters. The van der Waals surface area contributed by atoms with Gasteiger partial charge in [-0.25, -0.2) is 17.8 Å². The molecule has 2 aromatic carbocycles. The molecule has 0 aliphatic carbocycles. The Morgan fingerprint density at radius 2 is 1.72 bits per heavy atom. The summed E-state index contributed by atoms with van der Waals surface area (Å²) in [7, 11) is -1.75. The van der Waals surface area contributed by atoms with E-state index in [9.17, 15) is 17.6 Å². The molecule has 0 saturated heterocycles. The number of halogens is 1. The standard InChI is InChI=1S/C20H23FN4O3S/c1-20(2)17(24-19(22)25(3)18(20)26)15-11-13(7-10-16(15)21)23-12-5-8-14(9-6-12)29(4,27)28/h5-11,17,23H,1-4H3,(H2,22,24). The summed E-state index contributed by atoms with van der Waals surface area (Å²) in [5.74, 6) is -0.701. The van der Waals surface area contributed by atoms with Crippen molar-refractivity contribution in [3.8, 4) is 0 Å². The van der Waals surface area contributed by atoms with Crippen LogP contribution in [0.15, 0.2) is 52.4 Å². The van der Waals surface area contributed by atoms with Crippen LogP contribution in [-0.4, -0.2) is 38.5 Å². The van der Waals surface area contributed by atoms with Crippen molar-refractivity contribution < 1.29 is 17.6 Å². The molecule has 0 aromatic heterocycles. The third-order valence-electron chi connectivity index (χ3n) is 5.01. The Balaban J connectivity index is 1.96. The first-order valence-electron chi connectivity index (χ1n) is 8.89. The zero-order valence-electron chi connectivity index (χ0n) is 16.6. The normalized spacial score (nSPS) is 19.1. The average molecular weight is 418 g/mol. The van der Waals surface area contributed by atoms with Gasteiger partial charge < -0.3 is 11.1 Å². The fourth-order valence-corrected chi connectivity index (χ4v) is 3.91. The zero-order chi connectivity index (χ0) is 21.6. The van der Waals surface area contributed by atoms with E-state index in [-0.39, 0.29) is 22.3 Å². The van der Waals surface area contributed by atoms with E-state index in [0.29, 0.717) is 11.4 Å². The molecule has 0 radical (unpaired) electrons. The molecule has 29 heavy (non-hydrogen) atoms. The number of carbonyl (C=O) groups is 1. The molecule has 0 spiro atoms. The van der Waals surface area contributed by atoms with Crippen LogP contribution in [0.2, 0.25) is 0 Å². The highest BCUT2D eigenvalue weighted by Gasteiger charge is 2.45. The second-order valence-corrected chi connectivity index (χ2v) is 9.65. The number of carbonyl (C=O) groups excluding carboxylic acids is 1. The van der Waals surface area contributed by atoms with Gasteiger partial charge in [0.15, 0.2) is 15.8 Å². The van der Waals surface area contributed by atoms with Gasteiger partial charge in [0.1, 0.15) is 5.82 Å². The van der Waals surface area contributed by atoms with Crippen molar-refractivity contribution in [2.24, 2.45) is 16.1 Å². The number of sulfone groups is 1. The molecular weight excluding hydrogens is 395 g/mol. The lowest BCUT2D eigenvalue weighted by molar-refractivity contribution is -0.137. The van der Waals surface area contributed by atoms with Gasteiger partial charge in [0, 0.05) is 30.2 Å². The summed E-state index contributed by atoms with van der Waals surface area (Å²) in [6.45, 7) is 3.41. The third-order valence-corrected chi connectivity index (χ3v) is 6.13. The molecule has 1 unspecified atom stereocenters. The van der Waals surface area contributed by atoms with Crippen LogP contribution in [0.3, 0.4) is 0 Å². The van der Waals surface area contributed by atoms with Crippen LogP contribution in [0.1, 0.15) is 25.5 Å². The van der Waals surface area contributed by atoms with Crippen molar-refractivity contribution >= 4 is 33.1 Å². The average Bonchev–Trinajstić information content (AvgIpc) is 2.65. The molecule has 1 heterocycles. The predicted octanol–water partition coefficient (Wildman–Crippen LogP) is 2.83. The summed E-state index contributed by atoms with van der Waals surface area (Å²) in [6, 6.07) is 9.89. The predicted molar refractivity (Wildman–Crippen MR) is 110 cm³/mol. The number of rotatable bonds is 4. The highest BCUT2D eigenvalue weighted by molar-refractivity contribution is 7.90. The molecule has 1 aliphatic heterocycles. The van der Waals surface area contributed by atoms with E-state index in [2.05, 4.69) is 10.3 Å². The maximum Gasteiger partial charge on any atom is 0.237 e. The fraction of sp³-hybridized carbons (Fsp3) is 0.300. The first-order chi connectivity index (χ1) is 13.4. The zero-order valence-corrected chi connectivity index (χ0v) is 17.4. The Labute approximate surface area is 169 Å². The molecule has 1 aliphatic rings.